The molecule has 0 saturated heterocycles. The normalized spacial score (nSPS) is 18.2. The third kappa shape index (κ3) is 1.55. The summed E-state index contributed by atoms with van der Waals surface area (Å²) in [6, 6.07) is 2.03. The van der Waals surface area contributed by atoms with Crippen molar-refractivity contribution < 1.29 is 0 Å². The van der Waals surface area contributed by atoms with E-state index in [1.54, 1.807) is 0 Å². The van der Waals surface area contributed by atoms with Crippen LogP contribution in [0.5, 0.6) is 0 Å². The molecule has 2 heterocycles. The third-order valence-electron chi connectivity index (χ3n) is 3.69. The van der Waals surface area contributed by atoms with Gasteiger partial charge in [-0.1, -0.05) is 6.92 Å². The third-order valence-corrected chi connectivity index (χ3v) is 3.69. The van der Waals surface area contributed by atoms with Gasteiger partial charge in [0, 0.05) is 12.7 Å². The van der Waals surface area contributed by atoms with E-state index in [0.717, 1.165) is 42.7 Å². The summed E-state index contributed by atoms with van der Waals surface area (Å²) in [5, 5.41) is 0. The van der Waals surface area contributed by atoms with Crippen LogP contribution in [0.4, 0.5) is 0 Å². The van der Waals surface area contributed by atoms with Crippen molar-refractivity contribution in [3.05, 3.63) is 24.3 Å². The molecule has 2 aromatic rings. The van der Waals surface area contributed by atoms with Crippen molar-refractivity contribution in [3.63, 3.8) is 0 Å². The van der Waals surface area contributed by atoms with Crippen molar-refractivity contribution in [2.45, 2.75) is 44.7 Å². The Morgan fingerprint density at radius 1 is 1.47 bits per heavy atom. The second-order valence-corrected chi connectivity index (χ2v) is 4.96. The number of imidazole rings is 1. The molecule has 0 aromatic carbocycles. The molecule has 17 heavy (non-hydrogen) atoms. The van der Waals surface area contributed by atoms with Crippen LogP contribution < -0.4 is 5.73 Å². The number of nitrogens with two attached hydrogens (primary N) is 1. The number of nitrogens with zero attached hydrogens (tertiary/aromatic N) is 3. The van der Waals surface area contributed by atoms with Crippen molar-refractivity contribution in [1.29, 1.82) is 0 Å². The van der Waals surface area contributed by atoms with Crippen LogP contribution in [0.15, 0.2) is 18.5 Å². The fourth-order valence-electron chi connectivity index (χ4n) is 2.59. The summed E-state index contributed by atoms with van der Waals surface area (Å²) in [7, 11) is 0. The van der Waals surface area contributed by atoms with Gasteiger partial charge in [0.1, 0.15) is 11.3 Å². The maximum Gasteiger partial charge on any atom is 0.130 e. The van der Waals surface area contributed by atoms with Gasteiger partial charge in [-0.25, -0.2) is 4.98 Å². The topological polar surface area (TPSA) is 56.7 Å². The van der Waals surface area contributed by atoms with E-state index in [9.17, 15) is 0 Å². The van der Waals surface area contributed by atoms with E-state index in [4.69, 9.17) is 10.7 Å². The summed E-state index contributed by atoms with van der Waals surface area (Å²) in [5.41, 5.74) is 8.34. The zero-order valence-electron chi connectivity index (χ0n) is 10.2. The minimum atomic E-state index is -0.200. The molecular weight excluding hydrogens is 212 g/mol. The molecule has 0 radical (unpaired) electrons. The van der Waals surface area contributed by atoms with E-state index in [-0.39, 0.29) is 5.54 Å². The van der Waals surface area contributed by atoms with Crippen LogP contribution in [-0.4, -0.2) is 14.5 Å². The van der Waals surface area contributed by atoms with Crippen molar-refractivity contribution >= 4 is 11.0 Å². The maximum atomic E-state index is 6.42. The lowest BCUT2D eigenvalue weighted by atomic mass is 9.77. The SMILES string of the molecule is CCCn1c(C2(N)CCC2)nc2cnccc21. The van der Waals surface area contributed by atoms with E-state index >= 15 is 0 Å². The maximum absolute atomic E-state index is 6.42. The molecule has 90 valence electrons. The number of pyridine rings is 1. The van der Waals surface area contributed by atoms with Crippen LogP contribution in [0.2, 0.25) is 0 Å². The van der Waals surface area contributed by atoms with Gasteiger partial charge in [0.05, 0.1) is 17.3 Å². The Kier molecular flexibility index (Phi) is 2.40. The smallest absolute Gasteiger partial charge is 0.130 e. The first kappa shape index (κ1) is 10.7. The van der Waals surface area contributed by atoms with Crippen LogP contribution in [0, 0.1) is 0 Å². The first-order valence-electron chi connectivity index (χ1n) is 6.34. The van der Waals surface area contributed by atoms with Crippen LogP contribution in [-0.2, 0) is 12.1 Å². The van der Waals surface area contributed by atoms with Gasteiger partial charge in [0.2, 0.25) is 0 Å². The van der Waals surface area contributed by atoms with Crippen LogP contribution in [0.3, 0.4) is 0 Å². The van der Waals surface area contributed by atoms with Gasteiger partial charge in [-0.3, -0.25) is 4.98 Å². The molecule has 1 saturated carbocycles. The quantitative estimate of drug-likeness (QED) is 0.879. The Hall–Kier alpha value is -1.42. The number of aromatic nitrogens is 3. The van der Waals surface area contributed by atoms with Gasteiger partial charge in [0.25, 0.3) is 0 Å². The highest BCUT2D eigenvalue weighted by molar-refractivity contribution is 5.75. The highest BCUT2D eigenvalue weighted by Gasteiger charge is 2.38. The first-order valence-corrected chi connectivity index (χ1v) is 6.34. The molecule has 1 aliphatic rings. The van der Waals surface area contributed by atoms with Crippen molar-refractivity contribution in [2.24, 2.45) is 5.73 Å². The number of rotatable bonds is 3. The van der Waals surface area contributed by atoms with Gasteiger partial charge in [0.15, 0.2) is 0 Å². The Bertz CT molecular complexity index is 539. The summed E-state index contributed by atoms with van der Waals surface area (Å²) < 4.78 is 2.27. The van der Waals surface area contributed by atoms with E-state index < -0.39 is 0 Å². The predicted molar refractivity (Wildman–Crippen MR) is 67.5 cm³/mol. The minimum absolute atomic E-state index is 0.200. The molecule has 3 rings (SSSR count). The van der Waals surface area contributed by atoms with Gasteiger partial charge in [-0.05, 0) is 31.7 Å². The lowest BCUT2D eigenvalue weighted by molar-refractivity contribution is 0.231. The Labute approximate surface area is 101 Å². The summed E-state index contributed by atoms with van der Waals surface area (Å²) in [4.78, 5) is 8.84. The average molecular weight is 230 g/mol. The summed E-state index contributed by atoms with van der Waals surface area (Å²) in [6.45, 7) is 3.16. The van der Waals surface area contributed by atoms with Crippen molar-refractivity contribution in [3.8, 4) is 0 Å². The van der Waals surface area contributed by atoms with E-state index in [2.05, 4.69) is 16.5 Å². The van der Waals surface area contributed by atoms with Gasteiger partial charge in [-0.2, -0.15) is 0 Å². The minimum Gasteiger partial charge on any atom is -0.326 e. The Morgan fingerprint density at radius 2 is 2.29 bits per heavy atom. The molecule has 0 unspecified atom stereocenters. The van der Waals surface area contributed by atoms with Gasteiger partial charge >= 0.3 is 0 Å². The average Bonchev–Trinajstić information content (AvgIpc) is 2.66. The number of fused-ring (bicyclic) bond motifs is 1. The van der Waals surface area contributed by atoms with Crippen molar-refractivity contribution in [2.75, 3.05) is 0 Å². The summed E-state index contributed by atoms with van der Waals surface area (Å²) in [6.07, 6.45) is 8.05. The second kappa shape index (κ2) is 3.81. The monoisotopic (exact) mass is 230 g/mol. The fraction of sp³-hybridized carbons (Fsp3) is 0.538. The van der Waals surface area contributed by atoms with Crippen molar-refractivity contribution in [1.82, 2.24) is 14.5 Å². The molecule has 1 fully saturated rings. The molecule has 1 aliphatic carbocycles. The predicted octanol–water partition coefficient (Wildman–Crippen LogP) is 2.18. The zero-order valence-corrected chi connectivity index (χ0v) is 10.2. The molecule has 0 aliphatic heterocycles. The van der Waals surface area contributed by atoms with Crippen LogP contribution >= 0.6 is 0 Å². The highest BCUT2D eigenvalue weighted by Crippen LogP contribution is 2.39. The van der Waals surface area contributed by atoms with E-state index in [1.807, 2.05) is 18.5 Å². The Balaban J connectivity index is 2.19. The standard InChI is InChI=1S/C13H18N4/c1-2-8-17-11-4-7-15-9-10(11)16-12(17)13(14)5-3-6-13/h4,7,9H,2-3,5-6,8,14H2,1H3. The molecule has 0 spiro atoms. The number of hydrogen-bond acceptors (Lipinski definition) is 3. The molecule has 0 bridgehead atoms. The first-order chi connectivity index (χ1) is 8.24. The molecular formula is C13H18N4. The highest BCUT2D eigenvalue weighted by atomic mass is 15.1. The molecule has 2 N–H and O–H groups in total. The largest absolute Gasteiger partial charge is 0.326 e. The fourth-order valence-corrected chi connectivity index (χ4v) is 2.59. The number of aryl methyl sites for hydroxylation is 1. The zero-order chi connectivity index (χ0) is 11.9. The lowest BCUT2D eigenvalue weighted by Crippen LogP contribution is -2.45. The van der Waals surface area contributed by atoms with Gasteiger partial charge in [-0.15, -0.1) is 0 Å². The second-order valence-electron chi connectivity index (χ2n) is 4.96. The van der Waals surface area contributed by atoms with Crippen LogP contribution in [0.1, 0.15) is 38.4 Å². The van der Waals surface area contributed by atoms with Crippen LogP contribution in [0.25, 0.3) is 11.0 Å². The number of hydrogen-bond donors (Lipinski definition) is 1. The molecule has 4 heteroatoms. The molecule has 4 nitrogen and oxygen atoms in total. The molecule has 0 amide bonds. The van der Waals surface area contributed by atoms with E-state index in [0.29, 0.717) is 0 Å². The Morgan fingerprint density at radius 3 is 2.94 bits per heavy atom. The molecule has 0 atom stereocenters. The summed E-state index contributed by atoms with van der Waals surface area (Å²) >= 11 is 0. The molecule has 2 aromatic heterocycles. The summed E-state index contributed by atoms with van der Waals surface area (Å²) in [5.74, 6) is 1.05. The van der Waals surface area contributed by atoms with Gasteiger partial charge < -0.3 is 10.3 Å². The lowest BCUT2D eigenvalue weighted by Gasteiger charge is -2.37. The van der Waals surface area contributed by atoms with E-state index in [1.165, 1.54) is 6.42 Å².